The van der Waals surface area contributed by atoms with E-state index in [1.54, 1.807) is 12.1 Å². The summed E-state index contributed by atoms with van der Waals surface area (Å²) in [5, 5.41) is 0. The lowest BCUT2D eigenvalue weighted by Gasteiger charge is -2.17. The van der Waals surface area contributed by atoms with E-state index in [1.807, 2.05) is 10.6 Å². The lowest BCUT2D eigenvalue weighted by Crippen LogP contribution is -2.09. The molecule has 1 aromatic carbocycles. The number of hydrogen-bond donors (Lipinski definition) is 1. The predicted octanol–water partition coefficient (Wildman–Crippen LogP) is 3.02. The molecule has 0 amide bonds. The van der Waals surface area contributed by atoms with Crippen LogP contribution in [0.2, 0.25) is 0 Å². The second-order valence-corrected chi connectivity index (χ2v) is 8.04. The molecule has 1 unspecified atom stereocenters. The number of rotatable bonds is 5. The summed E-state index contributed by atoms with van der Waals surface area (Å²) in [5.74, 6) is 0.993. The van der Waals surface area contributed by atoms with E-state index in [1.165, 1.54) is 6.26 Å². The Morgan fingerprint density at radius 3 is 2.48 bits per heavy atom. The van der Waals surface area contributed by atoms with Crippen LogP contribution in [-0.4, -0.2) is 24.2 Å². The first kappa shape index (κ1) is 15.8. The van der Waals surface area contributed by atoms with Crippen molar-refractivity contribution in [3.05, 3.63) is 18.2 Å². The summed E-state index contributed by atoms with van der Waals surface area (Å²) in [6, 6.07) is 5.38. The molecule has 1 atom stereocenters. The van der Waals surface area contributed by atoms with E-state index in [4.69, 9.17) is 5.73 Å². The maximum absolute atomic E-state index is 11.9. The lowest BCUT2D eigenvalue weighted by molar-refractivity contribution is 0.450. The second-order valence-electron chi connectivity index (χ2n) is 6.06. The van der Waals surface area contributed by atoms with Gasteiger partial charge in [-0.25, -0.2) is 13.4 Å². The summed E-state index contributed by atoms with van der Waals surface area (Å²) in [6.45, 7) is 6.46. The number of anilines is 1. The summed E-state index contributed by atoms with van der Waals surface area (Å²) in [7, 11) is -3.32. The van der Waals surface area contributed by atoms with Crippen LogP contribution < -0.4 is 5.73 Å². The number of fused-ring (bicyclic) bond motifs is 1. The Kier molecular flexibility index (Phi) is 4.27. The van der Waals surface area contributed by atoms with Gasteiger partial charge in [-0.05, 0) is 37.8 Å². The van der Waals surface area contributed by atoms with Crippen molar-refractivity contribution in [1.29, 1.82) is 0 Å². The Balaban J connectivity index is 2.54. The lowest BCUT2D eigenvalue weighted by atomic mass is 10.0. The molecule has 0 aliphatic heterocycles. The van der Waals surface area contributed by atoms with Crippen molar-refractivity contribution in [1.82, 2.24) is 9.55 Å². The van der Waals surface area contributed by atoms with Crippen LogP contribution in [0.15, 0.2) is 23.1 Å². The molecule has 2 aromatic rings. The minimum atomic E-state index is -3.32. The molecule has 5 nitrogen and oxygen atoms in total. The van der Waals surface area contributed by atoms with Gasteiger partial charge in [-0.3, -0.25) is 0 Å². The molecule has 0 saturated carbocycles. The van der Waals surface area contributed by atoms with Crippen LogP contribution in [0, 0.1) is 5.92 Å². The molecule has 116 valence electrons. The largest absolute Gasteiger partial charge is 0.369 e. The van der Waals surface area contributed by atoms with Gasteiger partial charge in [0.2, 0.25) is 5.95 Å². The van der Waals surface area contributed by atoms with E-state index in [0.29, 0.717) is 17.4 Å². The van der Waals surface area contributed by atoms with Crippen molar-refractivity contribution in [2.45, 2.75) is 44.6 Å². The highest BCUT2D eigenvalue weighted by Crippen LogP contribution is 2.29. The van der Waals surface area contributed by atoms with Gasteiger partial charge in [0, 0.05) is 12.3 Å². The molecular weight excluding hydrogens is 286 g/mol. The first-order valence-electron chi connectivity index (χ1n) is 7.18. The highest BCUT2D eigenvalue weighted by Gasteiger charge is 2.20. The zero-order valence-electron chi connectivity index (χ0n) is 13.0. The van der Waals surface area contributed by atoms with Crippen LogP contribution in [0.25, 0.3) is 11.0 Å². The third kappa shape index (κ3) is 3.20. The zero-order valence-corrected chi connectivity index (χ0v) is 13.8. The summed E-state index contributed by atoms with van der Waals surface area (Å²) in [4.78, 5) is 4.53. The SMILES string of the molecule is CC(C)CCC(C)n1c(N)nc2c(S(C)(=O)=O)cccc21. The molecule has 0 aliphatic rings. The molecule has 2 rings (SSSR count). The van der Waals surface area contributed by atoms with Crippen molar-refractivity contribution in [2.75, 3.05) is 12.0 Å². The van der Waals surface area contributed by atoms with E-state index >= 15 is 0 Å². The van der Waals surface area contributed by atoms with Gasteiger partial charge in [-0.15, -0.1) is 0 Å². The molecule has 0 aliphatic carbocycles. The molecular formula is C15H23N3O2S. The Bertz CT molecular complexity index is 748. The quantitative estimate of drug-likeness (QED) is 0.921. The van der Waals surface area contributed by atoms with Crippen LogP contribution in [0.5, 0.6) is 0 Å². The van der Waals surface area contributed by atoms with E-state index in [9.17, 15) is 8.42 Å². The molecule has 6 heteroatoms. The van der Waals surface area contributed by atoms with Crippen LogP contribution in [0.1, 0.15) is 39.7 Å². The fourth-order valence-electron chi connectivity index (χ4n) is 2.58. The Labute approximate surface area is 126 Å². The van der Waals surface area contributed by atoms with Gasteiger partial charge in [-0.2, -0.15) is 0 Å². The third-order valence-electron chi connectivity index (χ3n) is 3.71. The molecule has 2 N–H and O–H groups in total. The monoisotopic (exact) mass is 309 g/mol. The maximum atomic E-state index is 11.9. The first-order valence-corrected chi connectivity index (χ1v) is 9.07. The Hall–Kier alpha value is -1.56. The maximum Gasteiger partial charge on any atom is 0.201 e. The summed E-state index contributed by atoms with van der Waals surface area (Å²) in [6.07, 6.45) is 3.27. The van der Waals surface area contributed by atoms with Gasteiger partial charge in [0.25, 0.3) is 0 Å². The van der Waals surface area contributed by atoms with Crippen LogP contribution in [-0.2, 0) is 9.84 Å². The van der Waals surface area contributed by atoms with Crippen molar-refractivity contribution in [3.63, 3.8) is 0 Å². The average molecular weight is 309 g/mol. The number of hydrogen-bond acceptors (Lipinski definition) is 4. The standard InChI is InChI=1S/C15H23N3O2S/c1-10(2)8-9-11(3)18-12-6-5-7-13(21(4,19)20)14(12)17-15(18)16/h5-7,10-11H,8-9H2,1-4H3,(H2,16,17). The second kappa shape index (κ2) is 5.67. The third-order valence-corrected chi connectivity index (χ3v) is 4.84. The van der Waals surface area contributed by atoms with Crippen molar-refractivity contribution < 1.29 is 8.42 Å². The van der Waals surface area contributed by atoms with Crippen molar-refractivity contribution in [3.8, 4) is 0 Å². The van der Waals surface area contributed by atoms with Gasteiger partial charge in [0.05, 0.1) is 10.4 Å². The number of nitrogens with two attached hydrogens (primary N) is 1. The Morgan fingerprint density at radius 1 is 1.24 bits per heavy atom. The summed E-state index contributed by atoms with van der Waals surface area (Å²) < 4.78 is 25.7. The van der Waals surface area contributed by atoms with E-state index in [0.717, 1.165) is 18.4 Å². The van der Waals surface area contributed by atoms with Gasteiger partial charge < -0.3 is 10.3 Å². The number of imidazole rings is 1. The minimum Gasteiger partial charge on any atom is -0.369 e. The molecule has 21 heavy (non-hydrogen) atoms. The van der Waals surface area contributed by atoms with Gasteiger partial charge in [0.1, 0.15) is 5.52 Å². The minimum absolute atomic E-state index is 0.187. The van der Waals surface area contributed by atoms with Crippen LogP contribution in [0.3, 0.4) is 0 Å². The topological polar surface area (TPSA) is 78.0 Å². The first-order chi connectivity index (χ1) is 9.71. The molecule has 1 heterocycles. The molecule has 0 spiro atoms. The molecule has 0 saturated heterocycles. The highest BCUT2D eigenvalue weighted by molar-refractivity contribution is 7.91. The normalized spacial score (nSPS) is 14.0. The van der Waals surface area contributed by atoms with E-state index in [-0.39, 0.29) is 10.9 Å². The molecule has 0 radical (unpaired) electrons. The molecule has 0 fully saturated rings. The van der Waals surface area contributed by atoms with Crippen molar-refractivity contribution >= 4 is 26.8 Å². The fraction of sp³-hybridized carbons (Fsp3) is 0.533. The van der Waals surface area contributed by atoms with Gasteiger partial charge >= 0.3 is 0 Å². The number of aromatic nitrogens is 2. The predicted molar refractivity (Wildman–Crippen MR) is 86.0 cm³/mol. The highest BCUT2D eigenvalue weighted by atomic mass is 32.2. The summed E-state index contributed by atoms with van der Waals surface area (Å²) >= 11 is 0. The number of nitrogens with zero attached hydrogens (tertiary/aromatic N) is 2. The smallest absolute Gasteiger partial charge is 0.201 e. The number of nitrogen functional groups attached to an aromatic ring is 1. The number of sulfone groups is 1. The number of para-hydroxylation sites is 1. The van der Waals surface area contributed by atoms with Gasteiger partial charge in [-0.1, -0.05) is 19.9 Å². The van der Waals surface area contributed by atoms with Crippen LogP contribution >= 0.6 is 0 Å². The average Bonchev–Trinajstić information content (AvgIpc) is 2.70. The zero-order chi connectivity index (χ0) is 15.8. The molecule has 0 bridgehead atoms. The van der Waals surface area contributed by atoms with Crippen molar-refractivity contribution in [2.24, 2.45) is 5.92 Å². The van der Waals surface area contributed by atoms with E-state index < -0.39 is 9.84 Å². The molecule has 1 aromatic heterocycles. The summed E-state index contributed by atoms with van der Waals surface area (Å²) in [5.41, 5.74) is 7.28. The fourth-order valence-corrected chi connectivity index (χ4v) is 3.40. The van der Waals surface area contributed by atoms with Crippen LogP contribution in [0.4, 0.5) is 5.95 Å². The van der Waals surface area contributed by atoms with Gasteiger partial charge in [0.15, 0.2) is 9.84 Å². The Morgan fingerprint density at radius 2 is 1.90 bits per heavy atom. The number of benzene rings is 1. The van der Waals surface area contributed by atoms with E-state index in [2.05, 4.69) is 25.8 Å².